The lowest BCUT2D eigenvalue weighted by Crippen LogP contribution is -2.00. The zero-order valence-corrected chi connectivity index (χ0v) is 18.9. The van der Waals surface area contributed by atoms with Gasteiger partial charge in [0.1, 0.15) is 11.5 Å². The Morgan fingerprint density at radius 1 is 1.00 bits per heavy atom. The number of hydrogen-bond donors (Lipinski definition) is 0. The van der Waals surface area contributed by atoms with Crippen LogP contribution in [0.15, 0.2) is 45.3 Å². The molecule has 0 bridgehead atoms. The first kappa shape index (κ1) is 20.5. The van der Waals surface area contributed by atoms with Gasteiger partial charge in [0, 0.05) is 14.7 Å². The van der Waals surface area contributed by atoms with E-state index in [1.165, 1.54) is 0 Å². The van der Waals surface area contributed by atoms with Crippen LogP contribution in [-0.2, 0) is 4.57 Å². The van der Waals surface area contributed by atoms with Crippen LogP contribution in [0, 0.1) is 0 Å². The van der Waals surface area contributed by atoms with Crippen LogP contribution in [0.2, 0.25) is 10.0 Å². The average molecular weight is 535 g/mol. The largest absolute Gasteiger partial charge is 0.492 e. The molecular weight excluding hydrogens is 522 g/mol. The molecule has 0 saturated carbocycles. The molecule has 9 heteroatoms. The van der Waals surface area contributed by atoms with Crippen molar-refractivity contribution < 1.29 is 13.6 Å². The van der Waals surface area contributed by atoms with Gasteiger partial charge in [-0.3, -0.25) is 0 Å². The van der Waals surface area contributed by atoms with Crippen molar-refractivity contribution in [2.45, 2.75) is 13.3 Å². The SMILES string of the molecule is CCCSP(=O)(Oc1ccc(Br)cc1Cl)Oc1ccc(Br)cc1Cl. The van der Waals surface area contributed by atoms with Gasteiger partial charge in [0.2, 0.25) is 0 Å². The van der Waals surface area contributed by atoms with E-state index in [0.29, 0.717) is 27.3 Å². The highest BCUT2D eigenvalue weighted by atomic mass is 79.9. The van der Waals surface area contributed by atoms with Crippen LogP contribution in [0.4, 0.5) is 0 Å². The Kier molecular flexibility index (Phi) is 7.85. The number of benzene rings is 2. The van der Waals surface area contributed by atoms with Crippen molar-refractivity contribution in [1.29, 1.82) is 0 Å². The minimum atomic E-state index is -3.55. The fourth-order valence-electron chi connectivity index (χ4n) is 1.61. The molecule has 0 fully saturated rings. The summed E-state index contributed by atoms with van der Waals surface area (Å²) in [5.74, 6) is 1.19. The van der Waals surface area contributed by atoms with Crippen LogP contribution in [0.5, 0.6) is 11.5 Å². The molecule has 130 valence electrons. The number of halogens is 4. The number of rotatable bonds is 7. The van der Waals surface area contributed by atoms with Crippen molar-refractivity contribution in [3.63, 3.8) is 0 Å². The summed E-state index contributed by atoms with van der Waals surface area (Å²) in [6, 6.07) is 10.1. The fraction of sp³-hybridized carbons (Fsp3) is 0.200. The lowest BCUT2D eigenvalue weighted by molar-refractivity contribution is 0.408. The summed E-state index contributed by atoms with van der Waals surface area (Å²) in [6.45, 7) is -1.56. The maximum atomic E-state index is 13.2. The van der Waals surface area contributed by atoms with E-state index in [1.54, 1.807) is 36.4 Å². The van der Waals surface area contributed by atoms with Gasteiger partial charge in [0.25, 0.3) is 0 Å². The van der Waals surface area contributed by atoms with E-state index >= 15 is 0 Å². The second-order valence-corrected chi connectivity index (χ2v) is 11.3. The standard InChI is InChI=1S/C15H13Br2Cl2O3PS/c1-2-7-24-23(20,21-14-5-3-10(16)8-12(14)18)22-15-6-4-11(17)9-13(15)19/h3-6,8-9H,2,7H2,1H3. The second kappa shape index (κ2) is 9.20. The third-order valence-corrected chi connectivity index (χ3v) is 7.93. The first-order valence-corrected chi connectivity index (χ1v) is 12.3. The molecule has 0 aromatic heterocycles. The van der Waals surface area contributed by atoms with E-state index in [2.05, 4.69) is 31.9 Å². The number of hydrogen-bond acceptors (Lipinski definition) is 4. The Hall–Kier alpha value is 0.160. The Morgan fingerprint density at radius 3 is 1.83 bits per heavy atom. The molecule has 0 unspecified atom stereocenters. The molecular formula is C15H13Br2Cl2O3PS. The second-order valence-electron chi connectivity index (χ2n) is 4.61. The minimum absolute atomic E-state index is 0.292. The van der Waals surface area contributed by atoms with Gasteiger partial charge in [0.05, 0.1) is 10.0 Å². The van der Waals surface area contributed by atoms with Crippen molar-refractivity contribution in [2.24, 2.45) is 0 Å². The molecule has 0 aliphatic rings. The summed E-state index contributed by atoms with van der Waals surface area (Å²) in [5.41, 5.74) is 0. The van der Waals surface area contributed by atoms with Crippen LogP contribution in [0.3, 0.4) is 0 Å². The highest BCUT2D eigenvalue weighted by Crippen LogP contribution is 2.61. The summed E-state index contributed by atoms with van der Waals surface area (Å²) in [6.07, 6.45) is 0.823. The van der Waals surface area contributed by atoms with Gasteiger partial charge in [-0.2, -0.15) is 0 Å². The smallest absolute Gasteiger partial charge is 0.407 e. The normalized spacial score (nSPS) is 11.4. The molecule has 2 aromatic rings. The molecule has 2 aromatic carbocycles. The summed E-state index contributed by atoms with van der Waals surface area (Å²) < 4.78 is 26.1. The van der Waals surface area contributed by atoms with Gasteiger partial charge >= 0.3 is 6.80 Å². The van der Waals surface area contributed by atoms with Gasteiger partial charge in [-0.15, -0.1) is 0 Å². The van der Waals surface area contributed by atoms with Crippen molar-refractivity contribution >= 4 is 73.2 Å². The van der Waals surface area contributed by atoms with Crippen LogP contribution >= 0.6 is 73.2 Å². The van der Waals surface area contributed by atoms with Gasteiger partial charge in [-0.05, 0) is 54.2 Å². The van der Waals surface area contributed by atoms with Crippen molar-refractivity contribution in [2.75, 3.05) is 5.75 Å². The third-order valence-electron chi connectivity index (χ3n) is 2.66. The molecule has 0 radical (unpaired) electrons. The minimum Gasteiger partial charge on any atom is -0.407 e. The molecule has 3 nitrogen and oxygen atoms in total. The van der Waals surface area contributed by atoms with Crippen molar-refractivity contribution in [1.82, 2.24) is 0 Å². The maximum Gasteiger partial charge on any atom is 0.492 e. The molecule has 0 heterocycles. The molecule has 0 amide bonds. The summed E-state index contributed by atoms with van der Waals surface area (Å²) in [5, 5.41) is 0.680. The van der Waals surface area contributed by atoms with E-state index in [9.17, 15) is 4.57 Å². The molecule has 0 N–H and O–H groups in total. The predicted molar refractivity (Wildman–Crippen MR) is 110 cm³/mol. The molecule has 2 rings (SSSR count). The van der Waals surface area contributed by atoms with Crippen molar-refractivity contribution in [3.05, 3.63) is 55.4 Å². The quantitative estimate of drug-likeness (QED) is 0.335. The first-order chi connectivity index (χ1) is 11.3. The topological polar surface area (TPSA) is 35.5 Å². The maximum absolute atomic E-state index is 13.2. The molecule has 0 aliphatic carbocycles. The van der Waals surface area contributed by atoms with Crippen LogP contribution in [0.25, 0.3) is 0 Å². The van der Waals surface area contributed by atoms with Crippen LogP contribution in [-0.4, -0.2) is 5.75 Å². The van der Waals surface area contributed by atoms with Crippen molar-refractivity contribution in [3.8, 4) is 11.5 Å². The van der Waals surface area contributed by atoms with E-state index in [1.807, 2.05) is 6.92 Å². The Labute approximate surface area is 171 Å². The van der Waals surface area contributed by atoms with E-state index in [0.717, 1.165) is 26.7 Å². The monoisotopic (exact) mass is 532 g/mol. The van der Waals surface area contributed by atoms with Crippen LogP contribution in [0.1, 0.15) is 13.3 Å². The highest BCUT2D eigenvalue weighted by Gasteiger charge is 2.31. The zero-order valence-electron chi connectivity index (χ0n) is 12.5. The lowest BCUT2D eigenvalue weighted by atomic mass is 10.3. The van der Waals surface area contributed by atoms with Crippen LogP contribution < -0.4 is 9.05 Å². The first-order valence-electron chi connectivity index (χ1n) is 6.87. The van der Waals surface area contributed by atoms with Gasteiger partial charge in [0.15, 0.2) is 0 Å². The molecule has 24 heavy (non-hydrogen) atoms. The summed E-state index contributed by atoms with van der Waals surface area (Å²) in [4.78, 5) is 0. The highest BCUT2D eigenvalue weighted by molar-refractivity contribution is 9.10. The Balaban J connectivity index is 2.29. The van der Waals surface area contributed by atoms with Gasteiger partial charge in [-0.1, -0.05) is 62.0 Å². The van der Waals surface area contributed by atoms with E-state index in [-0.39, 0.29) is 0 Å². The molecule has 0 spiro atoms. The van der Waals surface area contributed by atoms with E-state index < -0.39 is 6.80 Å². The molecule has 0 atom stereocenters. The summed E-state index contributed by atoms with van der Waals surface area (Å²) in [7, 11) is 0. The lowest BCUT2D eigenvalue weighted by Gasteiger charge is -2.20. The van der Waals surface area contributed by atoms with Gasteiger partial charge < -0.3 is 9.05 Å². The molecule has 0 aliphatic heterocycles. The summed E-state index contributed by atoms with van der Waals surface area (Å²) >= 11 is 20.1. The Morgan fingerprint density at radius 2 is 1.46 bits per heavy atom. The zero-order chi connectivity index (χ0) is 17.7. The molecule has 0 saturated heterocycles. The Bertz CT molecular complexity index is 719. The van der Waals surface area contributed by atoms with E-state index in [4.69, 9.17) is 32.2 Å². The fourth-order valence-corrected chi connectivity index (χ4v) is 6.51. The predicted octanol–water partition coefficient (Wildman–Crippen LogP) is 8.23. The third kappa shape index (κ3) is 5.86. The average Bonchev–Trinajstić information content (AvgIpc) is 2.51. The van der Waals surface area contributed by atoms with Gasteiger partial charge in [-0.25, -0.2) is 4.57 Å².